The molecule has 0 aliphatic heterocycles. The standard InChI is InChI=1S/C14H14N2O2/c1-9-4-5-11(10(2)8-9)14(17)12-6-7-13(18-3)16-15-12/h4-8H,1-3H3. The fourth-order valence-electron chi connectivity index (χ4n) is 1.76. The van der Waals surface area contributed by atoms with Gasteiger partial charge in [0, 0.05) is 11.6 Å². The van der Waals surface area contributed by atoms with Gasteiger partial charge in [-0.1, -0.05) is 23.8 Å². The van der Waals surface area contributed by atoms with Crippen LogP contribution in [0.1, 0.15) is 27.2 Å². The van der Waals surface area contributed by atoms with E-state index in [4.69, 9.17) is 4.74 Å². The highest BCUT2D eigenvalue weighted by molar-refractivity contribution is 6.08. The van der Waals surface area contributed by atoms with Crippen molar-refractivity contribution in [3.63, 3.8) is 0 Å². The second-order valence-electron chi connectivity index (χ2n) is 4.11. The number of ether oxygens (including phenoxy) is 1. The van der Waals surface area contributed by atoms with E-state index < -0.39 is 0 Å². The third-order valence-electron chi connectivity index (χ3n) is 2.71. The van der Waals surface area contributed by atoms with Crippen molar-refractivity contribution in [3.05, 3.63) is 52.7 Å². The minimum atomic E-state index is -0.123. The lowest BCUT2D eigenvalue weighted by Gasteiger charge is -2.05. The summed E-state index contributed by atoms with van der Waals surface area (Å²) in [5.41, 5.74) is 3.05. The van der Waals surface area contributed by atoms with E-state index >= 15 is 0 Å². The van der Waals surface area contributed by atoms with Crippen molar-refractivity contribution in [3.8, 4) is 5.88 Å². The molecule has 2 aromatic rings. The zero-order chi connectivity index (χ0) is 13.1. The van der Waals surface area contributed by atoms with Crippen LogP contribution in [0.15, 0.2) is 30.3 Å². The Morgan fingerprint density at radius 1 is 1.11 bits per heavy atom. The van der Waals surface area contributed by atoms with E-state index in [1.165, 1.54) is 7.11 Å². The summed E-state index contributed by atoms with van der Waals surface area (Å²) in [6.07, 6.45) is 0. The molecule has 0 aliphatic carbocycles. The van der Waals surface area contributed by atoms with Gasteiger partial charge in [-0.2, -0.15) is 0 Å². The summed E-state index contributed by atoms with van der Waals surface area (Å²) in [5.74, 6) is 0.273. The van der Waals surface area contributed by atoms with Gasteiger partial charge >= 0.3 is 0 Å². The summed E-state index contributed by atoms with van der Waals surface area (Å²) in [5, 5.41) is 7.66. The van der Waals surface area contributed by atoms with Crippen LogP contribution >= 0.6 is 0 Å². The van der Waals surface area contributed by atoms with E-state index in [1.807, 2.05) is 32.0 Å². The lowest BCUT2D eigenvalue weighted by Crippen LogP contribution is -2.07. The largest absolute Gasteiger partial charge is 0.480 e. The Kier molecular flexibility index (Phi) is 3.37. The number of nitrogens with zero attached hydrogens (tertiary/aromatic N) is 2. The molecule has 1 aromatic carbocycles. The number of aryl methyl sites for hydroxylation is 2. The monoisotopic (exact) mass is 242 g/mol. The van der Waals surface area contributed by atoms with Gasteiger partial charge in [-0.15, -0.1) is 10.2 Å². The number of benzene rings is 1. The molecular formula is C14H14N2O2. The summed E-state index contributed by atoms with van der Waals surface area (Å²) >= 11 is 0. The number of carbonyl (C=O) groups is 1. The second kappa shape index (κ2) is 4.96. The van der Waals surface area contributed by atoms with Crippen LogP contribution in [0.25, 0.3) is 0 Å². The molecule has 18 heavy (non-hydrogen) atoms. The first kappa shape index (κ1) is 12.2. The van der Waals surface area contributed by atoms with Gasteiger partial charge in [0.1, 0.15) is 5.69 Å². The van der Waals surface area contributed by atoms with Crippen LogP contribution < -0.4 is 4.74 Å². The molecule has 0 aliphatic rings. The normalized spacial score (nSPS) is 10.2. The molecule has 2 rings (SSSR count). The highest BCUT2D eigenvalue weighted by Gasteiger charge is 2.13. The molecule has 0 saturated carbocycles. The third-order valence-corrected chi connectivity index (χ3v) is 2.71. The van der Waals surface area contributed by atoms with Crippen LogP contribution in [0.2, 0.25) is 0 Å². The van der Waals surface area contributed by atoms with Gasteiger partial charge in [-0.25, -0.2) is 0 Å². The van der Waals surface area contributed by atoms with Gasteiger partial charge < -0.3 is 4.74 Å². The molecule has 1 aromatic heterocycles. The summed E-state index contributed by atoms with van der Waals surface area (Å²) in [6, 6.07) is 8.96. The Morgan fingerprint density at radius 3 is 2.44 bits per heavy atom. The highest BCUT2D eigenvalue weighted by Crippen LogP contribution is 2.15. The van der Waals surface area contributed by atoms with Crippen LogP contribution in [-0.2, 0) is 0 Å². The van der Waals surface area contributed by atoms with E-state index in [-0.39, 0.29) is 5.78 Å². The van der Waals surface area contributed by atoms with Crippen LogP contribution in [0.5, 0.6) is 5.88 Å². The Labute approximate surface area is 106 Å². The summed E-state index contributed by atoms with van der Waals surface area (Å²) in [7, 11) is 1.51. The van der Waals surface area contributed by atoms with E-state index in [2.05, 4.69) is 10.2 Å². The van der Waals surface area contributed by atoms with Crippen molar-refractivity contribution in [1.82, 2.24) is 10.2 Å². The van der Waals surface area contributed by atoms with Gasteiger partial charge in [0.15, 0.2) is 0 Å². The fraction of sp³-hybridized carbons (Fsp3) is 0.214. The average molecular weight is 242 g/mol. The Balaban J connectivity index is 2.35. The van der Waals surface area contributed by atoms with Gasteiger partial charge in [0.2, 0.25) is 11.7 Å². The fourth-order valence-corrected chi connectivity index (χ4v) is 1.76. The predicted molar refractivity (Wildman–Crippen MR) is 67.9 cm³/mol. The van der Waals surface area contributed by atoms with Crippen molar-refractivity contribution in [2.45, 2.75) is 13.8 Å². The van der Waals surface area contributed by atoms with E-state index in [1.54, 1.807) is 12.1 Å². The van der Waals surface area contributed by atoms with Crippen LogP contribution in [-0.4, -0.2) is 23.1 Å². The number of carbonyl (C=O) groups excluding carboxylic acids is 1. The molecule has 4 nitrogen and oxygen atoms in total. The second-order valence-corrected chi connectivity index (χ2v) is 4.11. The summed E-state index contributed by atoms with van der Waals surface area (Å²) < 4.78 is 4.91. The molecule has 0 bridgehead atoms. The molecule has 1 heterocycles. The van der Waals surface area contributed by atoms with Gasteiger partial charge in [-0.3, -0.25) is 4.79 Å². The van der Waals surface area contributed by atoms with Crippen LogP contribution in [0.3, 0.4) is 0 Å². The molecule has 0 N–H and O–H groups in total. The van der Waals surface area contributed by atoms with Crippen molar-refractivity contribution in [2.24, 2.45) is 0 Å². The molecule has 0 unspecified atom stereocenters. The quantitative estimate of drug-likeness (QED) is 0.775. The zero-order valence-electron chi connectivity index (χ0n) is 10.6. The third kappa shape index (κ3) is 2.37. The lowest BCUT2D eigenvalue weighted by molar-refractivity contribution is 0.103. The molecule has 4 heteroatoms. The molecule has 0 spiro atoms. The first-order valence-corrected chi connectivity index (χ1v) is 5.61. The number of rotatable bonds is 3. The van der Waals surface area contributed by atoms with Crippen molar-refractivity contribution in [1.29, 1.82) is 0 Å². The average Bonchev–Trinajstić information content (AvgIpc) is 2.38. The number of aromatic nitrogens is 2. The maximum absolute atomic E-state index is 12.2. The first-order chi connectivity index (χ1) is 8.61. The van der Waals surface area contributed by atoms with Crippen molar-refractivity contribution >= 4 is 5.78 Å². The predicted octanol–water partition coefficient (Wildman–Crippen LogP) is 2.33. The van der Waals surface area contributed by atoms with Gasteiger partial charge in [0.25, 0.3) is 0 Å². The van der Waals surface area contributed by atoms with E-state index in [0.717, 1.165) is 11.1 Å². The first-order valence-electron chi connectivity index (χ1n) is 5.61. The van der Waals surface area contributed by atoms with Crippen LogP contribution in [0, 0.1) is 13.8 Å². The Bertz CT molecular complexity index is 577. The molecule has 0 atom stereocenters. The maximum atomic E-state index is 12.2. The topological polar surface area (TPSA) is 52.1 Å². The lowest BCUT2D eigenvalue weighted by atomic mass is 10.0. The molecule has 92 valence electrons. The summed E-state index contributed by atoms with van der Waals surface area (Å²) in [4.78, 5) is 12.2. The van der Waals surface area contributed by atoms with E-state index in [9.17, 15) is 4.79 Å². The molecule has 0 radical (unpaired) electrons. The van der Waals surface area contributed by atoms with Crippen LogP contribution in [0.4, 0.5) is 0 Å². The SMILES string of the molecule is COc1ccc(C(=O)c2ccc(C)cc2C)nn1. The number of hydrogen-bond donors (Lipinski definition) is 0. The van der Waals surface area contributed by atoms with Crippen molar-refractivity contribution < 1.29 is 9.53 Å². The Morgan fingerprint density at radius 2 is 1.89 bits per heavy atom. The van der Waals surface area contributed by atoms with E-state index in [0.29, 0.717) is 17.1 Å². The minimum absolute atomic E-state index is 0.123. The minimum Gasteiger partial charge on any atom is -0.480 e. The van der Waals surface area contributed by atoms with Gasteiger partial charge in [-0.05, 0) is 25.5 Å². The van der Waals surface area contributed by atoms with Gasteiger partial charge in [0.05, 0.1) is 7.11 Å². The maximum Gasteiger partial charge on any atom is 0.233 e. The number of ketones is 1. The molecule has 0 amide bonds. The molecule has 0 saturated heterocycles. The Hall–Kier alpha value is -2.23. The number of hydrogen-bond acceptors (Lipinski definition) is 4. The smallest absolute Gasteiger partial charge is 0.233 e. The zero-order valence-corrected chi connectivity index (χ0v) is 10.6. The number of methoxy groups -OCH3 is 1. The van der Waals surface area contributed by atoms with Crippen molar-refractivity contribution in [2.75, 3.05) is 7.11 Å². The molecular weight excluding hydrogens is 228 g/mol. The summed E-state index contributed by atoms with van der Waals surface area (Å²) in [6.45, 7) is 3.91. The highest BCUT2D eigenvalue weighted by atomic mass is 16.5. The molecule has 0 fully saturated rings.